The maximum Gasteiger partial charge on any atom is 0.601 e. The number of nitrogens with zero attached hydrogens (tertiary/aromatic N) is 2. The van der Waals surface area contributed by atoms with Crippen LogP contribution >= 0.6 is 8.03 Å². The van der Waals surface area contributed by atoms with Crippen molar-refractivity contribution in [2.45, 2.75) is 0 Å². The van der Waals surface area contributed by atoms with Crippen molar-refractivity contribution >= 4 is 8.03 Å². The van der Waals surface area contributed by atoms with Gasteiger partial charge in [-0.25, -0.2) is 0 Å². The van der Waals surface area contributed by atoms with E-state index in [0.717, 1.165) is 0 Å². The maximum absolute atomic E-state index is 10.0. The molecule has 0 amide bonds. The van der Waals surface area contributed by atoms with Gasteiger partial charge in [-0.1, -0.05) is 0 Å². The quantitative estimate of drug-likeness (QED) is 0.404. The summed E-state index contributed by atoms with van der Waals surface area (Å²) in [5.41, 5.74) is 2.40. The summed E-state index contributed by atoms with van der Waals surface area (Å²) >= 11 is 0. The van der Waals surface area contributed by atoms with Crippen LogP contribution in [-0.2, 0) is 4.57 Å². The van der Waals surface area contributed by atoms with Crippen molar-refractivity contribution in [2.75, 3.05) is 0 Å². The fraction of sp³-hybridized carbons (Fsp3) is 0. The average Bonchev–Trinajstić information content (AvgIpc) is 2.34. The molecular weight excluding hydrogens is 153 g/mol. The molecule has 0 radical (unpaired) electrons. The molecule has 1 heterocycles. The molecule has 1 aromatic heterocycles. The lowest BCUT2D eigenvalue weighted by molar-refractivity contribution is 0.514. The van der Waals surface area contributed by atoms with Gasteiger partial charge in [-0.3, -0.25) is 0 Å². The van der Waals surface area contributed by atoms with Crippen LogP contribution in [-0.4, -0.2) is 20.3 Å². The number of hydrogen-bond acceptors (Lipinski definition) is 3. The second-order valence-electron chi connectivity index (χ2n) is 1.36. The Kier molecular flexibility index (Phi) is 2.11. The Morgan fingerprint density at radius 3 is 3.10 bits per heavy atom. The van der Waals surface area contributed by atoms with E-state index in [9.17, 15) is 4.57 Å². The van der Waals surface area contributed by atoms with E-state index in [1.54, 1.807) is 0 Å². The van der Waals surface area contributed by atoms with Crippen LogP contribution in [0.3, 0.4) is 0 Å². The zero-order valence-corrected chi connectivity index (χ0v) is 5.67. The first-order valence-electron chi connectivity index (χ1n) is 2.32. The van der Waals surface area contributed by atoms with Crippen LogP contribution in [0.5, 0.6) is 0 Å². The van der Waals surface area contributed by atoms with Crippen molar-refractivity contribution in [3.8, 4) is 11.6 Å². The number of H-pyrrole nitrogens is 1. The summed E-state index contributed by atoms with van der Waals surface area (Å²) in [4.78, 5) is 8.23. The number of aromatic amines is 1. The second-order valence-corrected chi connectivity index (χ2v) is 2.13. The monoisotopic (exact) mass is 156 g/mol. The number of rotatable bonds is 0. The van der Waals surface area contributed by atoms with Crippen LogP contribution in [0, 0.1) is 11.6 Å². The van der Waals surface area contributed by atoms with Crippen LogP contribution in [0.25, 0.3) is 0 Å². The van der Waals surface area contributed by atoms with Gasteiger partial charge >= 0.3 is 8.03 Å². The molecule has 0 bridgehead atoms. The van der Waals surface area contributed by atoms with Crippen molar-refractivity contribution in [2.24, 2.45) is 0 Å². The van der Waals surface area contributed by atoms with E-state index >= 15 is 0 Å². The molecule has 1 rings (SSSR count). The molecule has 0 saturated heterocycles. The third-order valence-corrected chi connectivity index (χ3v) is 0.998. The Bertz CT molecular complexity index is 283. The molecule has 10 heavy (non-hydrogen) atoms. The molecule has 5 nitrogen and oxygen atoms in total. The van der Waals surface area contributed by atoms with E-state index in [2.05, 4.69) is 21.3 Å². The molecule has 0 aliphatic carbocycles. The first-order chi connectivity index (χ1) is 4.79. The van der Waals surface area contributed by atoms with Crippen molar-refractivity contribution < 1.29 is 9.46 Å². The molecule has 2 N–H and O–H groups in total. The molecule has 50 valence electrons. The van der Waals surface area contributed by atoms with Gasteiger partial charge in [0, 0.05) is 5.92 Å². The normalized spacial score (nSPS) is 9.90. The molecule has 0 spiro atoms. The number of nitrogens with one attached hydrogen (secondary N) is 1. The Hall–Kier alpha value is -1.24. The van der Waals surface area contributed by atoms with Gasteiger partial charge in [0.05, 0.1) is 6.20 Å². The molecule has 6 heteroatoms. The van der Waals surface area contributed by atoms with E-state index in [-0.39, 0.29) is 0 Å². The van der Waals surface area contributed by atoms with E-state index in [4.69, 9.17) is 4.89 Å². The van der Waals surface area contributed by atoms with Crippen molar-refractivity contribution in [1.29, 1.82) is 0 Å². The summed E-state index contributed by atoms with van der Waals surface area (Å²) in [7, 11) is -2.40. The molecule has 1 aromatic rings. The van der Waals surface area contributed by atoms with Crippen molar-refractivity contribution in [1.82, 2.24) is 15.4 Å². The summed E-state index contributed by atoms with van der Waals surface area (Å²) in [5.74, 6) is 2.34. The van der Waals surface area contributed by atoms with Gasteiger partial charge in [0.25, 0.3) is 0 Å². The van der Waals surface area contributed by atoms with Crippen LogP contribution in [0.15, 0.2) is 6.20 Å². The fourth-order valence-corrected chi connectivity index (χ4v) is 0.577. The summed E-state index contributed by atoms with van der Waals surface area (Å²) in [6, 6.07) is 0. The smallest absolute Gasteiger partial charge is 0.197 e. The molecule has 0 aliphatic rings. The Morgan fingerprint density at radius 2 is 2.60 bits per heavy atom. The number of hydrogen-bond donors (Lipinski definition) is 2. The Labute approximate surface area is 57.3 Å². The first-order valence-corrected chi connectivity index (χ1v) is 3.54. The third kappa shape index (κ3) is 1.94. The first kappa shape index (κ1) is 6.87. The van der Waals surface area contributed by atoms with E-state index < -0.39 is 8.03 Å². The molecule has 0 aliphatic heterocycles. The van der Waals surface area contributed by atoms with Crippen molar-refractivity contribution in [3.05, 3.63) is 11.9 Å². The fourth-order valence-electron chi connectivity index (χ4n) is 0.367. The van der Waals surface area contributed by atoms with E-state index in [1.165, 1.54) is 6.20 Å². The SMILES string of the molecule is O=[P+](O)C#Cc1cn[nH]n1. The van der Waals surface area contributed by atoms with Gasteiger partial charge in [-0.15, -0.1) is 9.99 Å². The highest BCUT2D eigenvalue weighted by molar-refractivity contribution is 7.44. The highest BCUT2D eigenvalue weighted by atomic mass is 31.1. The molecule has 0 fully saturated rings. The summed E-state index contributed by atoms with van der Waals surface area (Å²) in [6.45, 7) is 0. The van der Waals surface area contributed by atoms with Crippen molar-refractivity contribution in [3.63, 3.8) is 0 Å². The third-order valence-electron chi connectivity index (χ3n) is 0.695. The van der Waals surface area contributed by atoms with Crippen LogP contribution in [0.4, 0.5) is 0 Å². The zero-order chi connectivity index (χ0) is 7.40. The molecule has 0 aromatic carbocycles. The Balaban J connectivity index is 2.75. The van der Waals surface area contributed by atoms with Gasteiger partial charge in [0.2, 0.25) is 5.66 Å². The minimum Gasteiger partial charge on any atom is -0.197 e. The minimum atomic E-state index is -2.40. The average molecular weight is 156 g/mol. The van der Waals surface area contributed by atoms with Gasteiger partial charge in [-0.2, -0.15) is 10.3 Å². The van der Waals surface area contributed by atoms with E-state index in [1.807, 2.05) is 5.66 Å². The molecule has 0 saturated carbocycles. The lowest BCUT2D eigenvalue weighted by Crippen LogP contribution is -1.70. The highest BCUT2D eigenvalue weighted by Gasteiger charge is 2.01. The lowest BCUT2D eigenvalue weighted by Gasteiger charge is -1.63. The van der Waals surface area contributed by atoms with Gasteiger partial charge in [-0.05, 0) is 4.57 Å². The molecule has 1 unspecified atom stereocenters. The van der Waals surface area contributed by atoms with Gasteiger partial charge in [0.15, 0.2) is 5.69 Å². The maximum atomic E-state index is 10.0. The standard InChI is InChI=1S/C4H2N3O2P/c8-10(9)2-1-4-3-5-7-6-4/h3H,(H-,5,6,7,8,9)/p+1. The van der Waals surface area contributed by atoms with Crippen LogP contribution in [0.1, 0.15) is 5.69 Å². The lowest BCUT2D eigenvalue weighted by atomic mass is 10.5. The van der Waals surface area contributed by atoms with Gasteiger partial charge in [0.1, 0.15) is 0 Å². The van der Waals surface area contributed by atoms with Crippen LogP contribution in [0.2, 0.25) is 0 Å². The predicted molar refractivity (Wildman–Crippen MR) is 33.1 cm³/mol. The minimum absolute atomic E-state index is 0.359. The largest absolute Gasteiger partial charge is 0.601 e. The predicted octanol–water partition coefficient (Wildman–Crippen LogP) is -0.152. The van der Waals surface area contributed by atoms with Gasteiger partial charge < -0.3 is 0 Å². The summed E-state index contributed by atoms with van der Waals surface area (Å²) < 4.78 is 10.0. The van der Waals surface area contributed by atoms with E-state index in [0.29, 0.717) is 5.69 Å². The second kappa shape index (κ2) is 3.06. The highest BCUT2D eigenvalue weighted by Crippen LogP contribution is 2.07. The topological polar surface area (TPSA) is 78.9 Å². The van der Waals surface area contributed by atoms with Crippen LogP contribution < -0.4 is 0 Å². The summed E-state index contributed by atoms with van der Waals surface area (Å²) in [6.07, 6.45) is 1.37. The molecular formula is C4H3N3O2P+. The Morgan fingerprint density at radius 1 is 1.80 bits per heavy atom. The zero-order valence-electron chi connectivity index (χ0n) is 4.77. The summed E-state index contributed by atoms with van der Waals surface area (Å²) in [5, 5.41) is 9.30. The molecule has 1 atom stereocenters. The number of aromatic nitrogens is 3.